The number of carbonyl (C=O) groups is 1. The predicted octanol–water partition coefficient (Wildman–Crippen LogP) is 7.18. The van der Waals surface area contributed by atoms with Crippen LogP contribution in [-0.4, -0.2) is 22.1 Å². The van der Waals surface area contributed by atoms with Crippen LogP contribution in [-0.2, 0) is 6.54 Å². The number of phenols is 1. The Morgan fingerprint density at radius 2 is 1.50 bits per heavy atom. The maximum absolute atomic E-state index is 13.5. The molecule has 2 saturated carbocycles. The van der Waals surface area contributed by atoms with Crippen LogP contribution < -0.4 is 5.32 Å². The van der Waals surface area contributed by atoms with Crippen LogP contribution in [0.1, 0.15) is 74.5 Å². The number of aromatic hydroxyl groups is 1. The Bertz CT molecular complexity index is 891. The zero-order chi connectivity index (χ0) is 22.5. The Morgan fingerprint density at radius 1 is 0.875 bits per heavy atom. The molecule has 0 spiro atoms. The van der Waals surface area contributed by atoms with Crippen LogP contribution in [0.2, 0.25) is 0 Å². The van der Waals surface area contributed by atoms with Gasteiger partial charge in [-0.3, -0.25) is 0 Å². The summed E-state index contributed by atoms with van der Waals surface area (Å²) in [4.78, 5) is 15.5. The number of anilines is 1. The minimum absolute atomic E-state index is 0.0632. The van der Waals surface area contributed by atoms with Crippen LogP contribution in [0.3, 0.4) is 0 Å². The van der Waals surface area contributed by atoms with Crippen LogP contribution in [0.5, 0.6) is 5.75 Å². The van der Waals surface area contributed by atoms with Crippen molar-refractivity contribution in [2.24, 2.45) is 11.8 Å². The van der Waals surface area contributed by atoms with Crippen LogP contribution in [0, 0.1) is 25.7 Å². The third kappa shape index (κ3) is 5.28. The minimum Gasteiger partial charge on any atom is -0.508 e. The van der Waals surface area contributed by atoms with Crippen molar-refractivity contribution < 1.29 is 9.90 Å². The Balaban J connectivity index is 1.50. The normalized spacial score (nSPS) is 21.8. The molecule has 32 heavy (non-hydrogen) atoms. The monoisotopic (exact) mass is 434 g/mol. The van der Waals surface area contributed by atoms with Gasteiger partial charge >= 0.3 is 6.03 Å². The van der Waals surface area contributed by atoms with Gasteiger partial charge in [0.05, 0.1) is 6.54 Å². The molecular formula is C28H38N2O2. The van der Waals surface area contributed by atoms with Gasteiger partial charge in [-0.05, 0) is 68.6 Å². The first-order chi connectivity index (χ1) is 15.5. The third-order valence-corrected chi connectivity index (χ3v) is 7.80. The molecule has 4 rings (SSSR count). The van der Waals surface area contributed by atoms with Gasteiger partial charge in [0.2, 0.25) is 0 Å². The van der Waals surface area contributed by atoms with Crippen molar-refractivity contribution >= 4 is 11.7 Å². The van der Waals surface area contributed by atoms with Crippen molar-refractivity contribution in [2.75, 3.05) is 5.32 Å². The molecule has 2 amide bonds. The summed E-state index contributed by atoms with van der Waals surface area (Å²) in [5.41, 5.74) is 3.85. The predicted molar refractivity (Wildman–Crippen MR) is 131 cm³/mol. The van der Waals surface area contributed by atoms with Gasteiger partial charge in [-0.15, -0.1) is 0 Å². The van der Waals surface area contributed by atoms with E-state index in [1.807, 2.05) is 55.1 Å². The second-order valence-corrected chi connectivity index (χ2v) is 9.92. The summed E-state index contributed by atoms with van der Waals surface area (Å²) in [5, 5.41) is 13.6. The molecule has 0 unspecified atom stereocenters. The number of rotatable bonds is 5. The molecular weight excluding hydrogens is 396 g/mol. The lowest BCUT2D eigenvalue weighted by Gasteiger charge is -2.40. The number of hydrogen-bond acceptors (Lipinski definition) is 2. The van der Waals surface area contributed by atoms with Crippen molar-refractivity contribution in [3.63, 3.8) is 0 Å². The minimum atomic E-state index is -0.0632. The Labute approximate surface area is 193 Å². The van der Waals surface area contributed by atoms with E-state index in [0.717, 1.165) is 47.1 Å². The highest BCUT2D eigenvalue weighted by molar-refractivity contribution is 5.91. The fourth-order valence-corrected chi connectivity index (χ4v) is 5.88. The van der Waals surface area contributed by atoms with Crippen LogP contribution in [0.4, 0.5) is 10.5 Å². The van der Waals surface area contributed by atoms with E-state index >= 15 is 0 Å². The summed E-state index contributed by atoms with van der Waals surface area (Å²) in [5.74, 6) is 1.97. The van der Waals surface area contributed by atoms with Crippen LogP contribution in [0.15, 0.2) is 42.5 Å². The fraction of sp³-hybridized carbons (Fsp3) is 0.536. The number of aryl methyl sites for hydroxylation is 2. The summed E-state index contributed by atoms with van der Waals surface area (Å²) < 4.78 is 0. The largest absolute Gasteiger partial charge is 0.508 e. The van der Waals surface area contributed by atoms with Crippen molar-refractivity contribution in [1.82, 2.24) is 4.90 Å². The molecule has 0 bridgehead atoms. The summed E-state index contributed by atoms with van der Waals surface area (Å²) >= 11 is 0. The highest BCUT2D eigenvalue weighted by Gasteiger charge is 2.33. The lowest BCUT2D eigenvalue weighted by molar-refractivity contribution is 0.120. The quantitative estimate of drug-likeness (QED) is 0.523. The molecule has 172 valence electrons. The van der Waals surface area contributed by atoms with Crippen LogP contribution in [0.25, 0.3) is 0 Å². The number of nitrogens with zero attached hydrogens (tertiary/aromatic N) is 1. The third-order valence-electron chi connectivity index (χ3n) is 7.80. The fourth-order valence-electron chi connectivity index (χ4n) is 5.88. The van der Waals surface area contributed by atoms with Gasteiger partial charge in [-0.1, -0.05) is 68.5 Å². The topological polar surface area (TPSA) is 52.6 Å². The van der Waals surface area contributed by atoms with E-state index < -0.39 is 0 Å². The van der Waals surface area contributed by atoms with Crippen molar-refractivity contribution in [1.29, 1.82) is 0 Å². The molecule has 4 nitrogen and oxygen atoms in total. The molecule has 2 N–H and O–H groups in total. The lowest BCUT2D eigenvalue weighted by Crippen LogP contribution is -2.44. The summed E-state index contributed by atoms with van der Waals surface area (Å²) in [7, 11) is 0. The summed E-state index contributed by atoms with van der Waals surface area (Å²) in [6, 6.07) is 13.6. The Morgan fingerprint density at radius 3 is 2.16 bits per heavy atom. The van der Waals surface area contributed by atoms with E-state index in [9.17, 15) is 9.90 Å². The molecule has 0 saturated heterocycles. The van der Waals surface area contributed by atoms with Gasteiger partial charge in [0, 0.05) is 17.3 Å². The average molecular weight is 435 g/mol. The average Bonchev–Trinajstić information content (AvgIpc) is 2.82. The van der Waals surface area contributed by atoms with Gasteiger partial charge < -0.3 is 15.3 Å². The second kappa shape index (κ2) is 10.4. The van der Waals surface area contributed by atoms with E-state index in [1.165, 1.54) is 44.9 Å². The van der Waals surface area contributed by atoms with Crippen LogP contribution >= 0.6 is 0 Å². The SMILES string of the molecule is Cc1cccc(C)c1NC(=O)N(Cc1ccccc1O)C1CCC(C2CCCCC2)CC1. The maximum Gasteiger partial charge on any atom is 0.322 e. The van der Waals surface area contributed by atoms with Gasteiger partial charge in [0.15, 0.2) is 0 Å². The Hall–Kier alpha value is -2.49. The molecule has 4 heteroatoms. The number of phenolic OH excluding ortho intramolecular Hbond substituents is 1. The number of hydrogen-bond donors (Lipinski definition) is 2. The van der Waals surface area contributed by atoms with Crippen molar-refractivity contribution in [3.05, 3.63) is 59.2 Å². The standard InChI is InChI=1S/C28H38N2O2/c1-20-9-8-10-21(2)27(20)29-28(32)30(19-24-13-6-7-14-26(24)31)25-17-15-23(16-18-25)22-11-4-3-5-12-22/h6-10,13-14,22-23,25,31H,3-5,11-12,15-19H2,1-2H3,(H,29,32). The number of benzene rings is 2. The molecule has 2 aliphatic carbocycles. The highest BCUT2D eigenvalue weighted by Crippen LogP contribution is 2.40. The molecule has 0 heterocycles. The van der Waals surface area contributed by atoms with E-state index in [2.05, 4.69) is 5.32 Å². The molecule has 0 aromatic heterocycles. The van der Waals surface area contributed by atoms with E-state index in [1.54, 1.807) is 6.07 Å². The first-order valence-corrected chi connectivity index (χ1v) is 12.4. The zero-order valence-corrected chi connectivity index (χ0v) is 19.6. The first kappa shape index (κ1) is 22.7. The number of para-hydroxylation sites is 2. The summed E-state index contributed by atoms with van der Waals surface area (Å²) in [6.07, 6.45) is 11.5. The first-order valence-electron chi connectivity index (χ1n) is 12.4. The number of urea groups is 1. The van der Waals surface area contributed by atoms with Gasteiger partial charge in [-0.2, -0.15) is 0 Å². The van der Waals surface area contributed by atoms with Gasteiger partial charge in [0.25, 0.3) is 0 Å². The van der Waals surface area contributed by atoms with E-state index in [-0.39, 0.29) is 17.8 Å². The zero-order valence-electron chi connectivity index (χ0n) is 19.6. The number of carbonyl (C=O) groups excluding carboxylic acids is 1. The molecule has 2 fully saturated rings. The van der Waals surface area contributed by atoms with Crippen molar-refractivity contribution in [3.8, 4) is 5.75 Å². The number of amides is 2. The molecule has 2 aliphatic rings. The molecule has 0 atom stereocenters. The van der Waals surface area contributed by atoms with E-state index in [0.29, 0.717) is 6.54 Å². The molecule has 0 aliphatic heterocycles. The maximum atomic E-state index is 13.5. The smallest absolute Gasteiger partial charge is 0.322 e. The molecule has 0 radical (unpaired) electrons. The number of nitrogens with one attached hydrogen (secondary N) is 1. The van der Waals surface area contributed by atoms with Crippen molar-refractivity contribution in [2.45, 2.75) is 84.2 Å². The molecule has 2 aromatic rings. The van der Waals surface area contributed by atoms with Gasteiger partial charge in [-0.25, -0.2) is 4.79 Å². The highest BCUT2D eigenvalue weighted by atomic mass is 16.3. The second-order valence-electron chi connectivity index (χ2n) is 9.92. The van der Waals surface area contributed by atoms with Gasteiger partial charge in [0.1, 0.15) is 5.75 Å². The lowest BCUT2D eigenvalue weighted by atomic mass is 9.72. The summed E-state index contributed by atoms with van der Waals surface area (Å²) in [6.45, 7) is 4.50. The molecule has 2 aromatic carbocycles. The van der Waals surface area contributed by atoms with E-state index in [4.69, 9.17) is 0 Å². The Kier molecular flexibility index (Phi) is 7.39.